The third-order valence-corrected chi connectivity index (χ3v) is 6.74. The fraction of sp³-hybridized carbons (Fsp3) is 0.192. The van der Waals surface area contributed by atoms with Crippen molar-refractivity contribution in [2.24, 2.45) is 0 Å². The highest BCUT2D eigenvalue weighted by Gasteiger charge is 2.40. The lowest BCUT2D eigenvalue weighted by Gasteiger charge is -2.39. The highest BCUT2D eigenvalue weighted by atomic mass is 35.5. The van der Waals surface area contributed by atoms with Crippen molar-refractivity contribution in [3.05, 3.63) is 105 Å². The molecule has 2 aliphatic heterocycles. The Morgan fingerprint density at radius 3 is 1.63 bits per heavy atom. The lowest BCUT2D eigenvalue weighted by atomic mass is 9.96. The number of hydrogen-bond acceptors (Lipinski definition) is 5. The molecule has 2 aliphatic rings. The molecule has 3 aromatic rings. The Morgan fingerprint density at radius 1 is 0.714 bits per heavy atom. The maximum absolute atomic E-state index is 12.8. The maximum atomic E-state index is 12.8. The number of piperazine rings is 1. The molecule has 2 heterocycles. The largest absolute Gasteiger partial charge is 0.434 e. The SMILES string of the molecule is O=C(ON1C(=O)c2ccccc2C1=O)N1CCN(C(c2ccc(Cl)cc2)c2ccc(Cl)cc2)CC1. The minimum absolute atomic E-state index is 0.0565. The van der Waals surface area contributed by atoms with Crippen LogP contribution in [0.4, 0.5) is 4.79 Å². The molecule has 0 unspecified atom stereocenters. The van der Waals surface area contributed by atoms with Crippen LogP contribution in [0.25, 0.3) is 0 Å². The number of imide groups is 1. The summed E-state index contributed by atoms with van der Waals surface area (Å²) >= 11 is 12.2. The molecule has 0 N–H and O–H groups in total. The number of amides is 3. The second-order valence-corrected chi connectivity index (χ2v) is 9.21. The van der Waals surface area contributed by atoms with Gasteiger partial charge < -0.3 is 9.74 Å². The topological polar surface area (TPSA) is 70.2 Å². The van der Waals surface area contributed by atoms with Crippen LogP contribution in [-0.2, 0) is 4.84 Å². The first kappa shape index (κ1) is 23.4. The summed E-state index contributed by atoms with van der Waals surface area (Å²) < 4.78 is 0. The van der Waals surface area contributed by atoms with Crippen LogP contribution in [0.15, 0.2) is 72.8 Å². The molecular formula is C26H21Cl2N3O4. The van der Waals surface area contributed by atoms with Gasteiger partial charge in [0.15, 0.2) is 0 Å². The lowest BCUT2D eigenvalue weighted by Crippen LogP contribution is -2.51. The summed E-state index contributed by atoms with van der Waals surface area (Å²) in [4.78, 5) is 46.8. The first-order valence-electron chi connectivity index (χ1n) is 11.1. The molecule has 1 saturated heterocycles. The summed E-state index contributed by atoms with van der Waals surface area (Å²) in [6, 6.07) is 21.7. The summed E-state index contributed by atoms with van der Waals surface area (Å²) in [6.07, 6.45) is -0.728. The Balaban J connectivity index is 1.28. The van der Waals surface area contributed by atoms with Gasteiger partial charge in [0.05, 0.1) is 17.2 Å². The molecule has 3 aromatic carbocycles. The zero-order chi connectivity index (χ0) is 24.5. The van der Waals surface area contributed by atoms with Crippen LogP contribution in [0.2, 0.25) is 10.0 Å². The predicted octanol–water partition coefficient (Wildman–Crippen LogP) is 5.05. The van der Waals surface area contributed by atoms with E-state index < -0.39 is 17.9 Å². The van der Waals surface area contributed by atoms with Crippen LogP contribution >= 0.6 is 23.2 Å². The van der Waals surface area contributed by atoms with Crippen molar-refractivity contribution in [1.29, 1.82) is 0 Å². The van der Waals surface area contributed by atoms with E-state index in [0.29, 0.717) is 41.3 Å². The Morgan fingerprint density at radius 2 is 1.17 bits per heavy atom. The normalized spacial score (nSPS) is 16.1. The molecular weight excluding hydrogens is 489 g/mol. The molecule has 0 bridgehead atoms. The minimum atomic E-state index is -0.728. The van der Waals surface area contributed by atoms with Crippen molar-refractivity contribution in [2.45, 2.75) is 6.04 Å². The maximum Gasteiger partial charge on any atom is 0.434 e. The lowest BCUT2D eigenvalue weighted by molar-refractivity contribution is -0.0609. The average Bonchev–Trinajstić information content (AvgIpc) is 3.12. The molecule has 0 aliphatic carbocycles. The highest BCUT2D eigenvalue weighted by molar-refractivity contribution is 6.30. The van der Waals surface area contributed by atoms with Crippen molar-refractivity contribution in [3.8, 4) is 0 Å². The summed E-state index contributed by atoms with van der Waals surface area (Å²) in [7, 11) is 0. The minimum Gasteiger partial charge on any atom is -0.310 e. The molecule has 7 nitrogen and oxygen atoms in total. The smallest absolute Gasteiger partial charge is 0.310 e. The van der Waals surface area contributed by atoms with E-state index in [9.17, 15) is 14.4 Å². The monoisotopic (exact) mass is 509 g/mol. The molecule has 0 spiro atoms. The number of rotatable bonds is 4. The van der Waals surface area contributed by atoms with Gasteiger partial charge in [0.1, 0.15) is 0 Å². The zero-order valence-electron chi connectivity index (χ0n) is 18.6. The van der Waals surface area contributed by atoms with Crippen molar-refractivity contribution < 1.29 is 19.2 Å². The second-order valence-electron chi connectivity index (χ2n) is 8.34. The average molecular weight is 510 g/mol. The Kier molecular flexibility index (Phi) is 6.47. The molecule has 35 heavy (non-hydrogen) atoms. The second kappa shape index (κ2) is 9.70. The third kappa shape index (κ3) is 4.62. The first-order chi connectivity index (χ1) is 16.9. The van der Waals surface area contributed by atoms with Gasteiger partial charge >= 0.3 is 6.09 Å². The molecule has 3 amide bonds. The number of nitrogens with zero attached hydrogens (tertiary/aromatic N) is 3. The summed E-state index contributed by atoms with van der Waals surface area (Å²) in [5.41, 5.74) is 2.59. The van der Waals surface area contributed by atoms with Crippen molar-refractivity contribution in [3.63, 3.8) is 0 Å². The standard InChI is InChI=1S/C26H21Cl2N3O4/c27-19-9-5-17(6-10-19)23(18-7-11-20(28)12-8-18)29-13-15-30(16-14-29)26(34)35-31-24(32)21-3-1-2-4-22(21)25(31)33/h1-12,23H,13-16H2. The van der Waals surface area contributed by atoms with Gasteiger partial charge in [-0.3, -0.25) is 14.5 Å². The quantitative estimate of drug-likeness (QED) is 0.460. The van der Waals surface area contributed by atoms with Gasteiger partial charge in [-0.05, 0) is 47.5 Å². The van der Waals surface area contributed by atoms with Gasteiger partial charge in [-0.2, -0.15) is 0 Å². The van der Waals surface area contributed by atoms with Crippen molar-refractivity contribution in [2.75, 3.05) is 26.2 Å². The van der Waals surface area contributed by atoms with Crippen LogP contribution < -0.4 is 0 Å². The van der Waals surface area contributed by atoms with Crippen LogP contribution in [-0.4, -0.2) is 58.9 Å². The van der Waals surface area contributed by atoms with E-state index in [1.807, 2.05) is 48.5 Å². The van der Waals surface area contributed by atoms with E-state index in [4.69, 9.17) is 28.0 Å². The fourth-order valence-electron chi connectivity index (χ4n) is 4.45. The van der Waals surface area contributed by atoms with Gasteiger partial charge in [0.2, 0.25) is 0 Å². The summed E-state index contributed by atoms with van der Waals surface area (Å²) in [5, 5.41) is 1.86. The van der Waals surface area contributed by atoms with Gasteiger partial charge in [-0.25, -0.2) is 4.79 Å². The van der Waals surface area contributed by atoms with E-state index in [2.05, 4.69) is 4.90 Å². The molecule has 0 aromatic heterocycles. The molecule has 5 rings (SSSR count). The Bertz CT molecular complexity index is 1190. The van der Waals surface area contributed by atoms with Gasteiger partial charge in [0, 0.05) is 36.2 Å². The number of benzene rings is 3. The van der Waals surface area contributed by atoms with Gasteiger partial charge in [-0.1, -0.05) is 64.7 Å². The van der Waals surface area contributed by atoms with E-state index in [0.717, 1.165) is 11.1 Å². The van der Waals surface area contributed by atoms with E-state index >= 15 is 0 Å². The van der Waals surface area contributed by atoms with E-state index in [-0.39, 0.29) is 17.2 Å². The number of carbonyl (C=O) groups excluding carboxylic acids is 3. The summed E-state index contributed by atoms with van der Waals surface area (Å²) in [5.74, 6) is -1.27. The van der Waals surface area contributed by atoms with Gasteiger partial charge in [-0.15, -0.1) is 0 Å². The van der Waals surface area contributed by atoms with E-state index in [1.165, 1.54) is 17.0 Å². The summed E-state index contributed by atoms with van der Waals surface area (Å²) in [6.45, 7) is 1.87. The first-order valence-corrected chi connectivity index (χ1v) is 11.9. The van der Waals surface area contributed by atoms with Crippen molar-refractivity contribution >= 4 is 41.1 Å². The molecule has 0 radical (unpaired) electrons. The van der Waals surface area contributed by atoms with Crippen LogP contribution in [0.3, 0.4) is 0 Å². The van der Waals surface area contributed by atoms with Crippen molar-refractivity contribution in [1.82, 2.24) is 14.9 Å². The molecule has 9 heteroatoms. The Hall–Kier alpha value is -3.39. The van der Waals surface area contributed by atoms with Gasteiger partial charge in [0.25, 0.3) is 11.8 Å². The molecule has 178 valence electrons. The number of hydroxylamine groups is 2. The fourth-order valence-corrected chi connectivity index (χ4v) is 4.70. The predicted molar refractivity (Wildman–Crippen MR) is 131 cm³/mol. The van der Waals surface area contributed by atoms with Crippen LogP contribution in [0.5, 0.6) is 0 Å². The number of hydrogen-bond donors (Lipinski definition) is 0. The number of fused-ring (bicyclic) bond motifs is 1. The third-order valence-electron chi connectivity index (χ3n) is 6.24. The molecule has 0 atom stereocenters. The van der Waals surface area contributed by atoms with Crippen LogP contribution in [0.1, 0.15) is 37.9 Å². The highest BCUT2D eigenvalue weighted by Crippen LogP contribution is 2.31. The zero-order valence-corrected chi connectivity index (χ0v) is 20.1. The van der Waals surface area contributed by atoms with Crippen LogP contribution in [0, 0.1) is 0 Å². The number of carbonyl (C=O) groups is 3. The number of halogens is 2. The molecule has 0 saturated carbocycles. The Labute approximate surface area is 212 Å². The molecule has 1 fully saturated rings. The van der Waals surface area contributed by atoms with E-state index in [1.54, 1.807) is 12.1 Å².